The summed E-state index contributed by atoms with van der Waals surface area (Å²) < 4.78 is 0. The Bertz CT molecular complexity index is 1050. The van der Waals surface area contributed by atoms with E-state index in [1.165, 1.54) is 11.8 Å². The molecule has 3 saturated heterocycles. The van der Waals surface area contributed by atoms with Gasteiger partial charge in [0.15, 0.2) is 11.8 Å². The van der Waals surface area contributed by atoms with Crippen LogP contribution in [0.3, 0.4) is 0 Å². The standard InChI is InChI=1S/C24H22N2O4/c1-14(27)15-9-11-17(12-10-15)26-23(29)19-18-8-5-13-25(18)21(20(19)24(26)30)22(28)16-6-3-2-4-7-16/h2-4,6-7,9-12,18-21H,5,8,13H2,1H3/p+1/t18-,19-,20-,21+/m1/s1. The van der Waals surface area contributed by atoms with E-state index in [2.05, 4.69) is 0 Å². The lowest BCUT2D eigenvalue weighted by atomic mass is 9.85. The molecule has 1 unspecified atom stereocenters. The fraction of sp³-hybridized carbons (Fsp3) is 0.333. The van der Waals surface area contributed by atoms with Gasteiger partial charge < -0.3 is 4.90 Å². The van der Waals surface area contributed by atoms with Crippen LogP contribution in [0.2, 0.25) is 0 Å². The van der Waals surface area contributed by atoms with Crippen LogP contribution in [-0.4, -0.2) is 42.0 Å². The number of imide groups is 1. The molecule has 3 aliphatic rings. The monoisotopic (exact) mass is 403 g/mol. The van der Waals surface area contributed by atoms with Gasteiger partial charge in [-0.2, -0.15) is 0 Å². The lowest BCUT2D eigenvalue weighted by Crippen LogP contribution is -3.16. The van der Waals surface area contributed by atoms with Crippen molar-refractivity contribution in [3.05, 3.63) is 65.7 Å². The summed E-state index contributed by atoms with van der Waals surface area (Å²) in [6.07, 6.45) is 1.81. The maximum atomic E-state index is 13.5. The van der Waals surface area contributed by atoms with E-state index in [0.29, 0.717) is 16.8 Å². The highest BCUT2D eigenvalue weighted by Crippen LogP contribution is 2.40. The molecule has 2 aromatic rings. The van der Waals surface area contributed by atoms with E-state index < -0.39 is 17.9 Å². The van der Waals surface area contributed by atoms with E-state index >= 15 is 0 Å². The van der Waals surface area contributed by atoms with Gasteiger partial charge in [0.25, 0.3) is 0 Å². The molecule has 3 fully saturated rings. The third-order valence-corrected chi connectivity index (χ3v) is 6.92. The molecule has 6 heteroatoms. The number of amides is 2. The molecule has 30 heavy (non-hydrogen) atoms. The fourth-order valence-electron chi connectivity index (χ4n) is 5.62. The number of rotatable bonds is 4. The molecule has 152 valence electrons. The highest BCUT2D eigenvalue weighted by Gasteiger charge is 2.68. The molecule has 0 aromatic heterocycles. The normalized spacial score (nSPS) is 29.8. The van der Waals surface area contributed by atoms with E-state index in [1.54, 1.807) is 36.4 Å². The lowest BCUT2D eigenvalue weighted by molar-refractivity contribution is -0.915. The van der Waals surface area contributed by atoms with Gasteiger partial charge in [0.1, 0.15) is 17.9 Å². The van der Waals surface area contributed by atoms with Crippen LogP contribution in [0.4, 0.5) is 5.69 Å². The number of nitrogens with one attached hydrogen (secondary N) is 1. The number of carbonyl (C=O) groups is 4. The van der Waals surface area contributed by atoms with Crippen LogP contribution in [0.15, 0.2) is 54.6 Å². The van der Waals surface area contributed by atoms with E-state index in [9.17, 15) is 19.2 Å². The Morgan fingerprint density at radius 1 is 0.900 bits per heavy atom. The average molecular weight is 403 g/mol. The van der Waals surface area contributed by atoms with Crippen molar-refractivity contribution in [3.63, 3.8) is 0 Å². The van der Waals surface area contributed by atoms with Crippen molar-refractivity contribution in [2.24, 2.45) is 11.8 Å². The van der Waals surface area contributed by atoms with Crippen LogP contribution in [-0.2, 0) is 9.59 Å². The van der Waals surface area contributed by atoms with Gasteiger partial charge in [-0.1, -0.05) is 30.3 Å². The SMILES string of the molecule is CC(=O)c1ccc(N2C(=O)[C@@H]3[C@H](C2=O)[C@H]2CCC[NH+]2[C@@H]3C(=O)c2ccccc2)cc1. The second-order valence-electron chi connectivity index (χ2n) is 8.45. The van der Waals surface area contributed by atoms with Crippen molar-refractivity contribution in [2.75, 3.05) is 11.4 Å². The summed E-state index contributed by atoms with van der Waals surface area (Å²) in [5, 5.41) is 0. The number of nitrogens with zero attached hydrogens (tertiary/aromatic N) is 1. The summed E-state index contributed by atoms with van der Waals surface area (Å²) in [5.74, 6) is -1.72. The summed E-state index contributed by atoms with van der Waals surface area (Å²) >= 11 is 0. The minimum Gasteiger partial charge on any atom is -0.322 e. The van der Waals surface area contributed by atoms with Crippen molar-refractivity contribution >= 4 is 29.1 Å². The molecule has 3 aliphatic heterocycles. The van der Waals surface area contributed by atoms with Crippen molar-refractivity contribution in [1.29, 1.82) is 0 Å². The number of carbonyl (C=O) groups excluding carboxylic acids is 4. The Morgan fingerprint density at radius 3 is 2.23 bits per heavy atom. The highest BCUT2D eigenvalue weighted by molar-refractivity contribution is 6.24. The Hall–Kier alpha value is -3.12. The molecule has 0 spiro atoms. The van der Waals surface area contributed by atoms with Gasteiger partial charge in [-0.05, 0) is 31.2 Å². The maximum absolute atomic E-state index is 13.5. The summed E-state index contributed by atoms with van der Waals surface area (Å²) in [6.45, 7) is 2.29. The Labute approximate surface area is 174 Å². The van der Waals surface area contributed by atoms with Crippen molar-refractivity contribution in [1.82, 2.24) is 0 Å². The first-order chi connectivity index (χ1) is 14.5. The second-order valence-corrected chi connectivity index (χ2v) is 8.45. The number of hydrogen-bond acceptors (Lipinski definition) is 4. The minimum absolute atomic E-state index is 0.00519. The zero-order valence-corrected chi connectivity index (χ0v) is 16.7. The zero-order chi connectivity index (χ0) is 21.0. The van der Waals surface area contributed by atoms with Gasteiger partial charge in [-0.25, -0.2) is 4.90 Å². The number of benzene rings is 2. The fourth-order valence-corrected chi connectivity index (χ4v) is 5.62. The predicted octanol–water partition coefficient (Wildman–Crippen LogP) is 1.31. The van der Waals surface area contributed by atoms with Crippen molar-refractivity contribution in [3.8, 4) is 0 Å². The molecular weight excluding hydrogens is 380 g/mol. The Kier molecular flexibility index (Phi) is 4.40. The average Bonchev–Trinajstić information content (AvgIpc) is 3.40. The minimum atomic E-state index is -0.627. The smallest absolute Gasteiger partial charge is 0.244 e. The van der Waals surface area contributed by atoms with E-state index in [-0.39, 0.29) is 29.4 Å². The Morgan fingerprint density at radius 2 is 1.57 bits per heavy atom. The summed E-state index contributed by atoms with van der Waals surface area (Å²) in [4.78, 5) is 54.1. The van der Waals surface area contributed by atoms with E-state index in [0.717, 1.165) is 24.3 Å². The van der Waals surface area contributed by atoms with Crippen molar-refractivity contribution < 1.29 is 24.1 Å². The first-order valence-electron chi connectivity index (χ1n) is 10.4. The first-order valence-corrected chi connectivity index (χ1v) is 10.4. The predicted molar refractivity (Wildman–Crippen MR) is 109 cm³/mol. The van der Waals surface area contributed by atoms with Gasteiger partial charge in [-0.15, -0.1) is 0 Å². The van der Waals surface area contributed by atoms with Gasteiger partial charge in [0.2, 0.25) is 17.6 Å². The number of anilines is 1. The lowest BCUT2D eigenvalue weighted by Gasteiger charge is -2.25. The summed E-state index contributed by atoms with van der Waals surface area (Å²) in [7, 11) is 0. The molecule has 0 bridgehead atoms. The molecular formula is C24H23N2O4+. The van der Waals surface area contributed by atoms with Crippen LogP contribution in [0.25, 0.3) is 0 Å². The quantitative estimate of drug-likeness (QED) is 0.617. The molecule has 0 aliphatic carbocycles. The van der Waals surface area contributed by atoms with Gasteiger partial charge in [0.05, 0.1) is 12.2 Å². The molecule has 5 rings (SSSR count). The van der Waals surface area contributed by atoms with Gasteiger partial charge >= 0.3 is 0 Å². The van der Waals surface area contributed by atoms with Crippen LogP contribution < -0.4 is 9.80 Å². The molecule has 6 nitrogen and oxygen atoms in total. The third kappa shape index (κ3) is 2.67. The number of fused-ring (bicyclic) bond motifs is 3. The van der Waals surface area contributed by atoms with Crippen LogP contribution in [0, 0.1) is 11.8 Å². The number of Topliss-reactive ketones (excluding diaryl/α,β-unsaturated/α-hetero) is 2. The van der Waals surface area contributed by atoms with Crippen molar-refractivity contribution in [2.45, 2.75) is 31.8 Å². The maximum Gasteiger partial charge on any atom is 0.244 e. The Balaban J connectivity index is 1.52. The highest BCUT2D eigenvalue weighted by atomic mass is 16.2. The number of hydrogen-bond donors (Lipinski definition) is 1. The van der Waals surface area contributed by atoms with Crippen LogP contribution in [0.5, 0.6) is 0 Å². The summed E-state index contributed by atoms with van der Waals surface area (Å²) in [5.41, 5.74) is 1.59. The number of ketones is 2. The number of quaternary nitrogens is 1. The van der Waals surface area contributed by atoms with E-state index in [4.69, 9.17) is 0 Å². The molecule has 5 atom stereocenters. The summed E-state index contributed by atoms with van der Waals surface area (Å²) in [6, 6.07) is 15.1. The van der Waals surface area contributed by atoms with Gasteiger partial charge in [0, 0.05) is 24.0 Å². The third-order valence-electron chi connectivity index (χ3n) is 6.92. The molecule has 1 N–H and O–H groups in total. The topological polar surface area (TPSA) is 76.0 Å². The second kappa shape index (κ2) is 6.99. The van der Waals surface area contributed by atoms with Crippen LogP contribution >= 0.6 is 0 Å². The van der Waals surface area contributed by atoms with Crippen LogP contribution in [0.1, 0.15) is 40.5 Å². The molecule has 0 radical (unpaired) electrons. The molecule has 0 saturated carbocycles. The molecule has 3 heterocycles. The van der Waals surface area contributed by atoms with Gasteiger partial charge in [-0.3, -0.25) is 19.2 Å². The molecule has 2 amide bonds. The largest absolute Gasteiger partial charge is 0.322 e. The zero-order valence-electron chi connectivity index (χ0n) is 16.7. The van der Waals surface area contributed by atoms with E-state index in [1.807, 2.05) is 18.2 Å². The molecule has 2 aromatic carbocycles. The first kappa shape index (κ1) is 18.9.